The Morgan fingerprint density at radius 1 is 1.60 bits per heavy atom. The lowest BCUT2D eigenvalue weighted by Gasteiger charge is -1.69. The Balaban J connectivity index is 2.06. The summed E-state index contributed by atoms with van der Waals surface area (Å²) in [5.41, 5.74) is 5.05. The molecule has 3 heteroatoms. The van der Waals surface area contributed by atoms with Crippen molar-refractivity contribution in [3.8, 4) is 0 Å². The van der Waals surface area contributed by atoms with Crippen molar-refractivity contribution in [2.75, 3.05) is 6.54 Å². The first kappa shape index (κ1) is 2.78. The Hall–Kier alpha value is -0.440. The summed E-state index contributed by atoms with van der Waals surface area (Å²) in [6.45, 7) is 0.583. The molecular formula is C2H5N3. The van der Waals surface area contributed by atoms with Crippen LogP contribution in [-0.4, -0.2) is 12.7 Å². The molecule has 0 aliphatic carbocycles. The Morgan fingerprint density at radius 3 is 2.20 bits per heavy atom. The highest BCUT2D eigenvalue weighted by Crippen LogP contribution is 2.05. The quantitative estimate of drug-likeness (QED) is 0.454. The van der Waals surface area contributed by atoms with E-state index in [0.717, 1.165) is 0 Å². The number of hydrogen-bond donors (Lipinski definition) is 1. The summed E-state index contributed by atoms with van der Waals surface area (Å²) >= 11 is 0. The van der Waals surface area contributed by atoms with Gasteiger partial charge in [-0.05, 0) is 0 Å². The van der Waals surface area contributed by atoms with Gasteiger partial charge in [-0.1, -0.05) is 0 Å². The summed E-state index contributed by atoms with van der Waals surface area (Å²) in [4.78, 5) is 0. The molecule has 1 heterocycles. The van der Waals surface area contributed by atoms with Crippen molar-refractivity contribution in [2.45, 2.75) is 6.17 Å². The van der Waals surface area contributed by atoms with E-state index < -0.39 is 0 Å². The van der Waals surface area contributed by atoms with Crippen molar-refractivity contribution >= 4 is 0 Å². The minimum Gasteiger partial charge on any atom is -0.327 e. The average Bonchev–Trinajstić information content (AvgIpc) is 2.12. The highest BCUT2D eigenvalue weighted by atomic mass is 15.4. The maximum Gasteiger partial charge on any atom is 0.193 e. The third-order valence-corrected chi connectivity index (χ3v) is 0.490. The molecule has 1 aliphatic heterocycles. The van der Waals surface area contributed by atoms with Crippen LogP contribution in [0.3, 0.4) is 0 Å². The van der Waals surface area contributed by atoms with E-state index in [-0.39, 0.29) is 6.17 Å². The third-order valence-electron chi connectivity index (χ3n) is 0.490. The zero-order valence-electron chi connectivity index (χ0n) is 2.76. The zero-order valence-corrected chi connectivity index (χ0v) is 2.76. The van der Waals surface area contributed by atoms with Crippen molar-refractivity contribution in [3.05, 3.63) is 0 Å². The molecule has 5 heavy (non-hydrogen) atoms. The molecule has 28 valence electrons. The minimum absolute atomic E-state index is 0.162. The van der Waals surface area contributed by atoms with E-state index in [1.807, 2.05) is 0 Å². The van der Waals surface area contributed by atoms with Crippen LogP contribution in [0.1, 0.15) is 0 Å². The van der Waals surface area contributed by atoms with Gasteiger partial charge in [-0.15, -0.1) is 0 Å². The van der Waals surface area contributed by atoms with Gasteiger partial charge in [0.1, 0.15) is 0 Å². The number of hydrogen-bond acceptors (Lipinski definition) is 3. The Kier molecular flexibility index (Phi) is 0.420. The molecule has 1 rings (SSSR count). The molecule has 0 radical (unpaired) electrons. The maximum atomic E-state index is 5.05. The van der Waals surface area contributed by atoms with Crippen molar-refractivity contribution in [1.29, 1.82) is 0 Å². The highest BCUT2D eigenvalue weighted by Gasteiger charge is 2.10. The fourth-order valence-corrected chi connectivity index (χ4v) is 0.141. The standard InChI is InChI=1S/C2H5N3/c3-1-2-4-5-2/h2H,1,3H2. The molecule has 0 aromatic rings. The Morgan fingerprint density at radius 2 is 2.20 bits per heavy atom. The smallest absolute Gasteiger partial charge is 0.193 e. The summed E-state index contributed by atoms with van der Waals surface area (Å²) < 4.78 is 0. The van der Waals surface area contributed by atoms with E-state index in [4.69, 9.17) is 5.73 Å². The highest BCUT2D eigenvalue weighted by molar-refractivity contribution is 4.68. The monoisotopic (exact) mass is 71.0 g/mol. The fourth-order valence-electron chi connectivity index (χ4n) is 0.141. The average molecular weight is 71.1 g/mol. The molecule has 1 aliphatic rings. The summed E-state index contributed by atoms with van der Waals surface area (Å²) in [6.07, 6.45) is 0.162. The summed E-state index contributed by atoms with van der Waals surface area (Å²) in [5.74, 6) is 0. The lowest BCUT2D eigenvalue weighted by atomic mass is 10.6. The molecule has 0 fully saturated rings. The van der Waals surface area contributed by atoms with Gasteiger partial charge in [-0.25, -0.2) is 0 Å². The van der Waals surface area contributed by atoms with E-state index in [2.05, 4.69) is 10.2 Å². The van der Waals surface area contributed by atoms with Crippen molar-refractivity contribution < 1.29 is 0 Å². The lowest BCUT2D eigenvalue weighted by molar-refractivity contribution is 0.917. The minimum atomic E-state index is 0.162. The molecule has 0 spiro atoms. The van der Waals surface area contributed by atoms with E-state index in [1.165, 1.54) is 0 Å². The van der Waals surface area contributed by atoms with Gasteiger partial charge in [-0.2, -0.15) is 10.2 Å². The number of rotatable bonds is 1. The topological polar surface area (TPSA) is 50.7 Å². The Bertz CT molecular complexity index is 51.9. The number of nitrogens with two attached hydrogens (primary N) is 1. The summed E-state index contributed by atoms with van der Waals surface area (Å²) in [5, 5.41) is 7.04. The van der Waals surface area contributed by atoms with Gasteiger partial charge in [0, 0.05) is 6.54 Å². The van der Waals surface area contributed by atoms with Gasteiger partial charge in [0.2, 0.25) is 0 Å². The van der Waals surface area contributed by atoms with Crippen LogP contribution in [0.5, 0.6) is 0 Å². The molecule has 0 saturated carbocycles. The summed E-state index contributed by atoms with van der Waals surface area (Å²) in [7, 11) is 0. The fraction of sp³-hybridized carbons (Fsp3) is 1.00. The molecular weight excluding hydrogens is 66.0 g/mol. The third kappa shape index (κ3) is 0.417. The van der Waals surface area contributed by atoms with Crippen molar-refractivity contribution in [2.24, 2.45) is 16.0 Å². The normalized spacial score (nSPS) is 20.2. The molecule has 2 N–H and O–H groups in total. The van der Waals surface area contributed by atoms with Gasteiger partial charge in [-0.3, -0.25) is 0 Å². The SMILES string of the molecule is NCC1N=N1. The molecule has 0 atom stereocenters. The second kappa shape index (κ2) is 0.755. The first-order valence-corrected chi connectivity index (χ1v) is 1.53. The lowest BCUT2D eigenvalue weighted by Crippen LogP contribution is -2.04. The van der Waals surface area contributed by atoms with Crippen LogP contribution in [0.4, 0.5) is 0 Å². The zero-order chi connectivity index (χ0) is 3.70. The first-order valence-electron chi connectivity index (χ1n) is 1.53. The molecule has 0 saturated heterocycles. The van der Waals surface area contributed by atoms with E-state index >= 15 is 0 Å². The predicted molar refractivity (Wildman–Crippen MR) is 17.7 cm³/mol. The van der Waals surface area contributed by atoms with Crippen LogP contribution in [0, 0.1) is 0 Å². The van der Waals surface area contributed by atoms with Gasteiger partial charge < -0.3 is 5.73 Å². The molecule has 0 unspecified atom stereocenters. The van der Waals surface area contributed by atoms with Crippen LogP contribution < -0.4 is 5.73 Å². The largest absolute Gasteiger partial charge is 0.327 e. The van der Waals surface area contributed by atoms with Crippen molar-refractivity contribution in [3.63, 3.8) is 0 Å². The molecule has 0 aromatic carbocycles. The van der Waals surface area contributed by atoms with Crippen LogP contribution in [0.2, 0.25) is 0 Å². The first-order chi connectivity index (χ1) is 2.43. The number of nitrogens with zero attached hydrogens (tertiary/aromatic N) is 2. The van der Waals surface area contributed by atoms with E-state index in [9.17, 15) is 0 Å². The van der Waals surface area contributed by atoms with Gasteiger partial charge >= 0.3 is 0 Å². The molecule has 0 aromatic heterocycles. The molecule has 0 bridgehead atoms. The van der Waals surface area contributed by atoms with E-state index in [1.54, 1.807) is 0 Å². The molecule has 0 amide bonds. The van der Waals surface area contributed by atoms with Crippen LogP contribution in [-0.2, 0) is 0 Å². The van der Waals surface area contributed by atoms with Crippen LogP contribution in [0.25, 0.3) is 0 Å². The van der Waals surface area contributed by atoms with Crippen LogP contribution >= 0.6 is 0 Å². The predicted octanol–water partition coefficient (Wildman–Crippen LogP) is -0.263. The second-order valence-corrected chi connectivity index (χ2v) is 0.947. The van der Waals surface area contributed by atoms with E-state index in [0.29, 0.717) is 6.54 Å². The second-order valence-electron chi connectivity index (χ2n) is 0.947. The van der Waals surface area contributed by atoms with Gasteiger partial charge in [0.05, 0.1) is 0 Å². The summed E-state index contributed by atoms with van der Waals surface area (Å²) in [6, 6.07) is 0. The van der Waals surface area contributed by atoms with Crippen molar-refractivity contribution in [1.82, 2.24) is 0 Å². The molecule has 3 nitrogen and oxygen atoms in total. The van der Waals surface area contributed by atoms with Gasteiger partial charge in [0.25, 0.3) is 0 Å². The maximum absolute atomic E-state index is 5.05. The van der Waals surface area contributed by atoms with Crippen LogP contribution in [0.15, 0.2) is 10.2 Å². The Labute approximate surface area is 29.9 Å². The van der Waals surface area contributed by atoms with Gasteiger partial charge in [0.15, 0.2) is 6.17 Å².